The molecule has 0 aromatic rings. The molecule has 0 radical (unpaired) electrons. The molecule has 0 aliphatic rings. The van der Waals surface area contributed by atoms with Gasteiger partial charge in [-0.3, -0.25) is 9.59 Å². The number of esters is 2. The molecule has 0 aromatic carbocycles. The van der Waals surface area contributed by atoms with E-state index in [4.69, 9.17) is 18.9 Å². The Kier molecular flexibility index (Phi) is 10.2. The predicted molar refractivity (Wildman–Crippen MR) is 60.8 cm³/mol. The lowest BCUT2D eigenvalue weighted by Crippen LogP contribution is -2.25. The van der Waals surface area contributed by atoms with Gasteiger partial charge < -0.3 is 23.7 Å². The zero-order valence-corrected chi connectivity index (χ0v) is 11.0. The Balaban J connectivity index is 3.33. The summed E-state index contributed by atoms with van der Waals surface area (Å²) in [5.74, 6) is -0.762. The maximum atomic E-state index is 10.7. The van der Waals surface area contributed by atoms with Gasteiger partial charge in [-0.25, -0.2) is 0 Å². The molecule has 0 saturated carbocycles. The average molecular weight is 264 g/mol. The van der Waals surface area contributed by atoms with Crippen LogP contribution < -0.4 is 0 Å². The Bertz CT molecular complexity index is 242. The fourth-order valence-corrected chi connectivity index (χ4v) is 0.979. The van der Waals surface area contributed by atoms with Gasteiger partial charge in [0.2, 0.25) is 6.29 Å². The van der Waals surface area contributed by atoms with Crippen LogP contribution in [0.3, 0.4) is 0 Å². The van der Waals surface area contributed by atoms with Gasteiger partial charge >= 0.3 is 11.9 Å². The van der Waals surface area contributed by atoms with E-state index in [-0.39, 0.29) is 19.2 Å². The van der Waals surface area contributed by atoms with Crippen LogP contribution >= 0.6 is 0 Å². The molecule has 7 nitrogen and oxygen atoms in total. The minimum Gasteiger partial charge on any atom is -0.463 e. The second-order valence-corrected chi connectivity index (χ2v) is 3.30. The van der Waals surface area contributed by atoms with E-state index >= 15 is 0 Å². The maximum Gasteiger partial charge on any atom is 0.305 e. The first-order valence-electron chi connectivity index (χ1n) is 5.55. The molecule has 0 aliphatic carbocycles. The molecule has 106 valence electrons. The Labute approximate surface area is 106 Å². The van der Waals surface area contributed by atoms with Crippen LogP contribution in [0.2, 0.25) is 0 Å². The first-order chi connectivity index (χ1) is 8.56. The third kappa shape index (κ3) is 11.3. The van der Waals surface area contributed by atoms with Crippen molar-refractivity contribution in [2.75, 3.05) is 40.1 Å². The van der Waals surface area contributed by atoms with Gasteiger partial charge in [0.25, 0.3) is 0 Å². The zero-order valence-electron chi connectivity index (χ0n) is 11.0. The average Bonchev–Trinajstić information content (AvgIpc) is 2.30. The lowest BCUT2D eigenvalue weighted by Gasteiger charge is -2.15. The van der Waals surface area contributed by atoms with Crippen LogP contribution in [0, 0.1) is 0 Å². The minimum absolute atomic E-state index is 0.142. The lowest BCUT2D eigenvalue weighted by molar-refractivity contribution is -0.182. The molecule has 0 fully saturated rings. The number of methoxy groups -OCH3 is 1. The Morgan fingerprint density at radius 2 is 1.56 bits per heavy atom. The molecule has 0 aromatic heterocycles. The summed E-state index contributed by atoms with van der Waals surface area (Å²) in [6.07, 6.45) is -0.705. The van der Waals surface area contributed by atoms with Crippen LogP contribution in [0.4, 0.5) is 0 Å². The molecule has 0 saturated heterocycles. The van der Waals surface area contributed by atoms with Crippen molar-refractivity contribution in [1.29, 1.82) is 0 Å². The molecule has 1 unspecified atom stereocenters. The van der Waals surface area contributed by atoms with Crippen LogP contribution in [-0.2, 0) is 33.3 Å². The number of ether oxygens (including phenoxy) is 5. The van der Waals surface area contributed by atoms with E-state index in [1.54, 1.807) is 0 Å². The van der Waals surface area contributed by atoms with E-state index in [0.717, 1.165) is 0 Å². The number of hydrogen-bond acceptors (Lipinski definition) is 7. The lowest BCUT2D eigenvalue weighted by atomic mass is 10.6. The van der Waals surface area contributed by atoms with Gasteiger partial charge in [-0.15, -0.1) is 0 Å². The standard InChI is InChI=1S/C11H20O7/c1-9(12)17-7-6-15-4-5-16-8-11(14-3)18-10(2)13/h11H,4-8H2,1-3H3. The summed E-state index contributed by atoms with van der Waals surface area (Å²) in [7, 11) is 1.42. The van der Waals surface area contributed by atoms with E-state index in [1.165, 1.54) is 21.0 Å². The Morgan fingerprint density at radius 3 is 2.11 bits per heavy atom. The van der Waals surface area contributed by atoms with E-state index in [9.17, 15) is 9.59 Å². The SMILES string of the molecule is COC(COCCOCCOC(C)=O)OC(C)=O. The predicted octanol–water partition coefficient (Wildman–Crippen LogP) is 0.118. The van der Waals surface area contributed by atoms with Crippen molar-refractivity contribution in [3.63, 3.8) is 0 Å². The van der Waals surface area contributed by atoms with Gasteiger partial charge in [-0.2, -0.15) is 0 Å². The first kappa shape index (κ1) is 16.8. The summed E-state index contributed by atoms with van der Waals surface area (Å²) in [6.45, 7) is 4.01. The minimum atomic E-state index is -0.705. The van der Waals surface area contributed by atoms with Gasteiger partial charge in [0, 0.05) is 21.0 Å². The van der Waals surface area contributed by atoms with E-state index < -0.39 is 12.3 Å². The quantitative estimate of drug-likeness (QED) is 0.315. The monoisotopic (exact) mass is 264 g/mol. The van der Waals surface area contributed by atoms with E-state index in [0.29, 0.717) is 19.8 Å². The topological polar surface area (TPSA) is 80.3 Å². The second kappa shape index (κ2) is 10.9. The van der Waals surface area contributed by atoms with Crippen LogP contribution in [0.5, 0.6) is 0 Å². The smallest absolute Gasteiger partial charge is 0.305 e. The summed E-state index contributed by atoms with van der Waals surface area (Å²) in [5, 5.41) is 0. The normalized spacial score (nSPS) is 11.9. The van der Waals surface area contributed by atoms with Crippen LogP contribution in [0.1, 0.15) is 13.8 Å². The first-order valence-corrected chi connectivity index (χ1v) is 5.55. The third-order valence-electron chi connectivity index (χ3n) is 1.72. The van der Waals surface area contributed by atoms with Gasteiger partial charge in [-0.05, 0) is 0 Å². The molecular weight excluding hydrogens is 244 g/mol. The molecular formula is C11H20O7. The fourth-order valence-electron chi connectivity index (χ4n) is 0.979. The van der Waals surface area contributed by atoms with Crippen molar-refractivity contribution < 1.29 is 33.3 Å². The molecule has 0 N–H and O–H groups in total. The molecule has 7 heteroatoms. The Morgan fingerprint density at radius 1 is 0.944 bits per heavy atom. The fraction of sp³-hybridized carbons (Fsp3) is 0.818. The van der Waals surface area contributed by atoms with Crippen molar-refractivity contribution in [2.24, 2.45) is 0 Å². The molecule has 18 heavy (non-hydrogen) atoms. The van der Waals surface area contributed by atoms with Gasteiger partial charge in [0.15, 0.2) is 0 Å². The van der Waals surface area contributed by atoms with Crippen molar-refractivity contribution in [1.82, 2.24) is 0 Å². The summed E-state index contributed by atoms with van der Waals surface area (Å²) < 4.78 is 24.6. The largest absolute Gasteiger partial charge is 0.463 e. The number of hydrogen-bond donors (Lipinski definition) is 0. The molecule has 0 heterocycles. The van der Waals surface area contributed by atoms with Gasteiger partial charge in [0.1, 0.15) is 13.2 Å². The van der Waals surface area contributed by atoms with Crippen molar-refractivity contribution >= 4 is 11.9 Å². The molecule has 1 atom stereocenters. The van der Waals surface area contributed by atoms with Gasteiger partial charge in [-0.1, -0.05) is 0 Å². The van der Waals surface area contributed by atoms with Crippen LogP contribution in [0.15, 0.2) is 0 Å². The van der Waals surface area contributed by atoms with E-state index in [2.05, 4.69) is 4.74 Å². The number of rotatable bonds is 10. The Hall–Kier alpha value is -1.18. The number of carbonyl (C=O) groups is 2. The van der Waals surface area contributed by atoms with Crippen molar-refractivity contribution in [3.05, 3.63) is 0 Å². The van der Waals surface area contributed by atoms with Gasteiger partial charge in [0.05, 0.1) is 19.8 Å². The summed E-state index contributed by atoms with van der Waals surface area (Å²) in [4.78, 5) is 21.1. The molecule has 0 aliphatic heterocycles. The highest BCUT2D eigenvalue weighted by Gasteiger charge is 2.09. The zero-order chi connectivity index (χ0) is 13.8. The highest BCUT2D eigenvalue weighted by molar-refractivity contribution is 5.66. The van der Waals surface area contributed by atoms with Crippen molar-refractivity contribution in [2.45, 2.75) is 20.1 Å². The van der Waals surface area contributed by atoms with Crippen LogP contribution in [-0.4, -0.2) is 58.4 Å². The highest BCUT2D eigenvalue weighted by Crippen LogP contribution is 1.95. The second-order valence-electron chi connectivity index (χ2n) is 3.30. The van der Waals surface area contributed by atoms with Crippen molar-refractivity contribution in [3.8, 4) is 0 Å². The van der Waals surface area contributed by atoms with Crippen LogP contribution in [0.25, 0.3) is 0 Å². The summed E-state index contributed by atoms with van der Waals surface area (Å²) in [6, 6.07) is 0. The molecule has 0 bridgehead atoms. The molecule has 0 amide bonds. The molecule has 0 rings (SSSR count). The maximum absolute atomic E-state index is 10.7. The summed E-state index contributed by atoms with van der Waals surface area (Å²) >= 11 is 0. The highest BCUT2D eigenvalue weighted by atomic mass is 16.7. The third-order valence-corrected chi connectivity index (χ3v) is 1.72. The number of carbonyl (C=O) groups excluding carboxylic acids is 2. The molecule has 0 spiro atoms. The van der Waals surface area contributed by atoms with E-state index in [1.807, 2.05) is 0 Å². The summed E-state index contributed by atoms with van der Waals surface area (Å²) in [5.41, 5.74) is 0.